The van der Waals surface area contributed by atoms with Crippen LogP contribution in [0.15, 0.2) is 6.07 Å². The van der Waals surface area contributed by atoms with E-state index >= 15 is 0 Å². The van der Waals surface area contributed by atoms with Crippen LogP contribution in [0.1, 0.15) is 26.5 Å². The molecule has 0 radical (unpaired) electrons. The number of carbonyl (C=O) groups is 2. The lowest BCUT2D eigenvalue weighted by Gasteiger charge is -2.14. The van der Waals surface area contributed by atoms with Crippen molar-refractivity contribution in [1.82, 2.24) is 9.36 Å². The molecule has 0 saturated heterocycles. The van der Waals surface area contributed by atoms with E-state index in [4.69, 9.17) is 28.3 Å². The van der Waals surface area contributed by atoms with Gasteiger partial charge in [-0.2, -0.15) is 4.37 Å². The second-order valence-corrected chi connectivity index (χ2v) is 5.50. The molecule has 106 valence electrons. The summed E-state index contributed by atoms with van der Waals surface area (Å²) in [5, 5.41) is 9.79. The van der Waals surface area contributed by atoms with Crippen LogP contribution in [0.5, 0.6) is 0 Å². The van der Waals surface area contributed by atoms with E-state index in [1.807, 2.05) is 0 Å². The summed E-state index contributed by atoms with van der Waals surface area (Å²) in [4.78, 5) is 27.3. The van der Waals surface area contributed by atoms with Gasteiger partial charge in [-0.1, -0.05) is 23.2 Å². The number of amides is 1. The van der Waals surface area contributed by atoms with Gasteiger partial charge >= 0.3 is 5.97 Å². The number of aryl methyl sites for hydroxylation is 1. The second-order valence-electron chi connectivity index (χ2n) is 3.96. The van der Waals surface area contributed by atoms with E-state index in [-0.39, 0.29) is 26.4 Å². The third-order valence-electron chi connectivity index (χ3n) is 2.62. The lowest BCUT2D eigenvalue weighted by Crippen LogP contribution is -2.27. The highest BCUT2D eigenvalue weighted by atomic mass is 35.5. The predicted octanol–water partition coefficient (Wildman–Crippen LogP) is 3.06. The molecule has 9 heteroatoms. The van der Waals surface area contributed by atoms with Gasteiger partial charge in [0.2, 0.25) is 0 Å². The summed E-state index contributed by atoms with van der Waals surface area (Å²) in [6, 6.07) is 1.39. The van der Waals surface area contributed by atoms with Crippen molar-refractivity contribution in [2.24, 2.45) is 0 Å². The highest BCUT2D eigenvalue weighted by Crippen LogP contribution is 2.30. The highest BCUT2D eigenvalue weighted by molar-refractivity contribution is 7.11. The molecule has 2 rings (SSSR count). The van der Waals surface area contributed by atoms with Gasteiger partial charge in [0.25, 0.3) is 5.91 Å². The van der Waals surface area contributed by atoms with Gasteiger partial charge < -0.3 is 10.1 Å². The molecule has 0 aliphatic heterocycles. The molecule has 0 atom stereocenters. The number of nitrogens with one attached hydrogen (secondary N) is 1. The Labute approximate surface area is 128 Å². The minimum absolute atomic E-state index is 0.00889. The number of nitrogens with zero attached hydrogens (tertiary/aromatic N) is 2. The molecule has 2 N–H and O–H groups in total. The maximum atomic E-state index is 12.3. The Kier molecular flexibility index (Phi) is 4.03. The molecule has 6 nitrogen and oxygen atoms in total. The molecule has 0 fully saturated rings. The van der Waals surface area contributed by atoms with Crippen molar-refractivity contribution in [2.75, 3.05) is 11.9 Å². The summed E-state index contributed by atoms with van der Waals surface area (Å²) in [5.74, 6) is -1.58. The number of carboxylic acid groups (broad SMARTS) is 1. The zero-order valence-electron chi connectivity index (χ0n) is 10.4. The van der Waals surface area contributed by atoms with E-state index < -0.39 is 11.9 Å². The number of aromatic nitrogens is 2. The number of hydrogen-bond donors (Lipinski definition) is 2. The number of halogens is 2. The molecule has 1 amide bonds. The molecule has 2 aromatic heterocycles. The van der Waals surface area contributed by atoms with Crippen LogP contribution in [0.2, 0.25) is 10.2 Å². The summed E-state index contributed by atoms with van der Waals surface area (Å²) >= 11 is 12.5. The van der Waals surface area contributed by atoms with Crippen molar-refractivity contribution < 1.29 is 14.7 Å². The molecule has 2 aromatic rings. The van der Waals surface area contributed by atoms with Gasteiger partial charge in [-0.3, -0.25) is 9.69 Å². The van der Waals surface area contributed by atoms with Crippen molar-refractivity contribution in [3.05, 3.63) is 33.2 Å². The number of rotatable bonds is 3. The van der Waals surface area contributed by atoms with E-state index in [1.54, 1.807) is 6.92 Å². The van der Waals surface area contributed by atoms with Crippen molar-refractivity contribution in [3.63, 3.8) is 0 Å². The third-order valence-corrected chi connectivity index (χ3v) is 4.33. The molecular weight excluding hydrogens is 325 g/mol. The van der Waals surface area contributed by atoms with Gasteiger partial charge in [0, 0.05) is 7.05 Å². The van der Waals surface area contributed by atoms with Crippen molar-refractivity contribution in [3.8, 4) is 0 Å². The molecule has 0 aliphatic carbocycles. The number of carboxylic acids is 1. The largest absolute Gasteiger partial charge is 0.478 e. The van der Waals surface area contributed by atoms with E-state index in [1.165, 1.54) is 18.0 Å². The summed E-state index contributed by atoms with van der Waals surface area (Å²) in [5.41, 5.74) is 0.541. The Morgan fingerprint density at radius 2 is 2.10 bits per heavy atom. The van der Waals surface area contributed by atoms with Crippen molar-refractivity contribution in [1.29, 1.82) is 0 Å². The fraction of sp³-hybridized carbons (Fsp3) is 0.182. The summed E-state index contributed by atoms with van der Waals surface area (Å²) in [7, 11) is 1.46. The van der Waals surface area contributed by atoms with Crippen LogP contribution >= 0.6 is 34.7 Å². The SMILES string of the molecule is Cc1nsc(N(C)C(=O)c2cc(Cl)c(Cl)[nH]2)c1C(=O)O. The zero-order valence-corrected chi connectivity index (χ0v) is 12.7. The molecule has 2 heterocycles. The van der Waals surface area contributed by atoms with E-state index in [0.29, 0.717) is 5.69 Å². The Morgan fingerprint density at radius 3 is 2.60 bits per heavy atom. The molecule has 0 spiro atoms. The number of H-pyrrole nitrogens is 1. The number of anilines is 1. The summed E-state index contributed by atoms with van der Waals surface area (Å²) < 4.78 is 3.96. The van der Waals surface area contributed by atoms with Crippen LogP contribution in [0.25, 0.3) is 0 Å². The van der Waals surface area contributed by atoms with Gasteiger partial charge in [-0.25, -0.2) is 4.79 Å². The first-order chi connectivity index (χ1) is 9.32. The first-order valence-corrected chi connectivity index (χ1v) is 6.87. The molecule has 0 saturated carbocycles. The number of carbonyl (C=O) groups excluding carboxylic acids is 1. The normalized spacial score (nSPS) is 10.6. The van der Waals surface area contributed by atoms with Gasteiger partial charge in [-0.15, -0.1) is 0 Å². The summed E-state index contributed by atoms with van der Waals surface area (Å²) in [6.45, 7) is 1.57. The topological polar surface area (TPSA) is 86.3 Å². The Hall–Kier alpha value is -1.57. The smallest absolute Gasteiger partial charge is 0.340 e. The number of hydrogen-bond acceptors (Lipinski definition) is 4. The Bertz CT molecular complexity index is 676. The van der Waals surface area contributed by atoms with Crippen molar-refractivity contribution in [2.45, 2.75) is 6.92 Å². The molecule has 20 heavy (non-hydrogen) atoms. The average Bonchev–Trinajstić information content (AvgIpc) is 2.92. The second kappa shape index (κ2) is 5.43. The third kappa shape index (κ3) is 2.52. The fourth-order valence-electron chi connectivity index (χ4n) is 1.63. The Morgan fingerprint density at radius 1 is 1.45 bits per heavy atom. The lowest BCUT2D eigenvalue weighted by molar-refractivity contribution is 0.0697. The number of aromatic carboxylic acids is 1. The quantitative estimate of drug-likeness (QED) is 0.903. The monoisotopic (exact) mass is 333 g/mol. The van der Waals surface area contributed by atoms with Crippen LogP contribution in [0.4, 0.5) is 5.00 Å². The standard InChI is InChI=1S/C11H9Cl2N3O3S/c1-4-7(11(18)19)10(20-15-4)16(2)9(17)6-3-5(12)8(13)14-6/h3,14H,1-2H3,(H,18,19). The van der Waals surface area contributed by atoms with Gasteiger partial charge in [0.1, 0.15) is 21.4 Å². The minimum Gasteiger partial charge on any atom is -0.478 e. The molecule has 0 aromatic carbocycles. The van der Waals surface area contributed by atoms with Crippen LogP contribution in [-0.4, -0.2) is 33.4 Å². The van der Waals surface area contributed by atoms with Crippen LogP contribution in [0, 0.1) is 6.92 Å². The highest BCUT2D eigenvalue weighted by Gasteiger charge is 2.25. The maximum Gasteiger partial charge on any atom is 0.340 e. The predicted molar refractivity (Wildman–Crippen MR) is 77.4 cm³/mol. The van der Waals surface area contributed by atoms with Gasteiger partial charge in [-0.05, 0) is 24.5 Å². The van der Waals surface area contributed by atoms with Gasteiger partial charge in [0.15, 0.2) is 0 Å². The zero-order chi connectivity index (χ0) is 15.0. The Balaban J connectivity index is 2.39. The van der Waals surface area contributed by atoms with E-state index in [2.05, 4.69) is 9.36 Å². The van der Waals surface area contributed by atoms with E-state index in [0.717, 1.165) is 11.5 Å². The van der Waals surface area contributed by atoms with Gasteiger partial charge in [0.05, 0.1) is 10.7 Å². The van der Waals surface area contributed by atoms with E-state index in [9.17, 15) is 9.59 Å². The number of aromatic amines is 1. The first kappa shape index (κ1) is 14.8. The fourth-order valence-corrected chi connectivity index (χ4v) is 2.78. The summed E-state index contributed by atoms with van der Waals surface area (Å²) in [6.07, 6.45) is 0. The lowest BCUT2D eigenvalue weighted by atomic mass is 10.2. The van der Waals surface area contributed by atoms with Crippen LogP contribution < -0.4 is 4.90 Å². The minimum atomic E-state index is -1.13. The maximum absolute atomic E-state index is 12.3. The first-order valence-electron chi connectivity index (χ1n) is 5.34. The average molecular weight is 334 g/mol. The molecule has 0 aliphatic rings. The van der Waals surface area contributed by atoms with Crippen molar-refractivity contribution >= 4 is 51.6 Å². The van der Waals surface area contributed by atoms with Crippen LogP contribution in [-0.2, 0) is 0 Å². The van der Waals surface area contributed by atoms with Crippen LogP contribution in [0.3, 0.4) is 0 Å². The molecule has 0 bridgehead atoms. The molecular formula is C11H9Cl2N3O3S. The molecule has 0 unspecified atom stereocenters.